The average Bonchev–Trinajstić information content (AvgIpc) is 2.93. The van der Waals surface area contributed by atoms with Gasteiger partial charge in [0.15, 0.2) is 5.16 Å². The molecular formula is C29H30N4O3S. The van der Waals surface area contributed by atoms with E-state index in [0.717, 1.165) is 41.3 Å². The summed E-state index contributed by atoms with van der Waals surface area (Å²) in [6.07, 6.45) is 0. The topological polar surface area (TPSA) is 67.7 Å². The van der Waals surface area contributed by atoms with Gasteiger partial charge in [-0.1, -0.05) is 30.0 Å². The fourth-order valence-corrected chi connectivity index (χ4v) is 5.44. The molecule has 0 saturated carbocycles. The van der Waals surface area contributed by atoms with Crippen LogP contribution < -0.4 is 15.2 Å². The van der Waals surface area contributed by atoms with Crippen LogP contribution in [-0.4, -0.2) is 59.4 Å². The van der Waals surface area contributed by atoms with Crippen LogP contribution in [0.25, 0.3) is 16.6 Å². The Kier molecular flexibility index (Phi) is 7.19. The number of piperazine rings is 1. The summed E-state index contributed by atoms with van der Waals surface area (Å²) in [7, 11) is 1.66. The quantitative estimate of drug-likeness (QED) is 0.280. The Morgan fingerprint density at radius 1 is 0.919 bits per heavy atom. The van der Waals surface area contributed by atoms with Crippen LogP contribution >= 0.6 is 11.8 Å². The average molecular weight is 515 g/mol. The summed E-state index contributed by atoms with van der Waals surface area (Å²) in [5.41, 5.74) is 4.64. The first-order valence-electron chi connectivity index (χ1n) is 12.3. The number of hydrogen-bond acceptors (Lipinski definition) is 6. The molecule has 1 fully saturated rings. The smallest absolute Gasteiger partial charge is 0.266 e. The van der Waals surface area contributed by atoms with Gasteiger partial charge in [0.1, 0.15) is 5.75 Å². The zero-order chi connectivity index (χ0) is 25.9. The second-order valence-corrected chi connectivity index (χ2v) is 10.1. The van der Waals surface area contributed by atoms with Gasteiger partial charge in [0.2, 0.25) is 5.91 Å². The van der Waals surface area contributed by atoms with Crippen molar-refractivity contribution >= 4 is 34.3 Å². The van der Waals surface area contributed by atoms with Crippen LogP contribution in [0.4, 0.5) is 5.69 Å². The lowest BCUT2D eigenvalue weighted by Crippen LogP contribution is -2.49. The Labute approximate surface area is 220 Å². The van der Waals surface area contributed by atoms with E-state index in [1.54, 1.807) is 17.7 Å². The Morgan fingerprint density at radius 3 is 2.32 bits per heavy atom. The molecule has 0 spiro atoms. The minimum Gasteiger partial charge on any atom is -0.497 e. The van der Waals surface area contributed by atoms with Gasteiger partial charge >= 0.3 is 0 Å². The van der Waals surface area contributed by atoms with Crippen molar-refractivity contribution in [1.82, 2.24) is 14.5 Å². The highest BCUT2D eigenvalue weighted by molar-refractivity contribution is 7.99. The molecule has 2 heterocycles. The highest BCUT2D eigenvalue weighted by atomic mass is 32.2. The molecule has 0 N–H and O–H groups in total. The van der Waals surface area contributed by atoms with Crippen molar-refractivity contribution in [2.75, 3.05) is 43.9 Å². The van der Waals surface area contributed by atoms with E-state index in [0.29, 0.717) is 29.1 Å². The number of carbonyl (C=O) groups excluding carboxylic acids is 1. The van der Waals surface area contributed by atoms with E-state index in [1.807, 2.05) is 79.4 Å². The van der Waals surface area contributed by atoms with E-state index in [4.69, 9.17) is 9.72 Å². The molecule has 3 aromatic carbocycles. The van der Waals surface area contributed by atoms with Crippen LogP contribution in [0.5, 0.6) is 5.75 Å². The molecule has 0 bridgehead atoms. The van der Waals surface area contributed by atoms with Crippen molar-refractivity contribution in [3.63, 3.8) is 0 Å². The van der Waals surface area contributed by atoms with E-state index in [2.05, 4.69) is 4.90 Å². The fourth-order valence-electron chi connectivity index (χ4n) is 4.53. The van der Waals surface area contributed by atoms with Crippen LogP contribution in [0.1, 0.15) is 11.1 Å². The molecule has 0 aliphatic carbocycles. The van der Waals surface area contributed by atoms with Gasteiger partial charge in [-0.05, 0) is 73.5 Å². The van der Waals surface area contributed by atoms with Gasteiger partial charge in [0, 0.05) is 31.9 Å². The number of amides is 1. The highest BCUT2D eigenvalue weighted by Crippen LogP contribution is 2.24. The summed E-state index contributed by atoms with van der Waals surface area (Å²) in [6, 6.07) is 21.3. The van der Waals surface area contributed by atoms with E-state index >= 15 is 0 Å². The molecule has 5 rings (SSSR count). The largest absolute Gasteiger partial charge is 0.497 e. The van der Waals surface area contributed by atoms with Crippen molar-refractivity contribution in [3.8, 4) is 11.4 Å². The van der Waals surface area contributed by atoms with Gasteiger partial charge in [0.25, 0.3) is 5.56 Å². The number of fused-ring (bicyclic) bond motifs is 1. The Hall–Kier alpha value is -3.78. The van der Waals surface area contributed by atoms with Crippen LogP contribution in [-0.2, 0) is 4.79 Å². The van der Waals surface area contributed by atoms with Crippen LogP contribution in [0.15, 0.2) is 76.7 Å². The molecule has 8 heteroatoms. The lowest BCUT2D eigenvalue weighted by atomic mass is 10.1. The number of methoxy groups -OCH3 is 1. The first-order valence-corrected chi connectivity index (χ1v) is 13.3. The predicted molar refractivity (Wildman–Crippen MR) is 149 cm³/mol. The van der Waals surface area contributed by atoms with Crippen LogP contribution in [0, 0.1) is 13.8 Å². The normalized spacial score (nSPS) is 13.7. The zero-order valence-electron chi connectivity index (χ0n) is 21.3. The van der Waals surface area contributed by atoms with Gasteiger partial charge in [-0.15, -0.1) is 0 Å². The number of hydrogen-bond donors (Lipinski definition) is 0. The molecule has 190 valence electrons. The molecule has 0 radical (unpaired) electrons. The third kappa shape index (κ3) is 5.20. The van der Waals surface area contributed by atoms with E-state index in [-0.39, 0.29) is 17.2 Å². The van der Waals surface area contributed by atoms with Crippen molar-refractivity contribution in [3.05, 3.63) is 88.2 Å². The zero-order valence-corrected chi connectivity index (χ0v) is 22.1. The maximum Gasteiger partial charge on any atom is 0.266 e. The Bertz CT molecular complexity index is 1490. The number of aromatic nitrogens is 2. The number of rotatable bonds is 6. The van der Waals surface area contributed by atoms with Crippen molar-refractivity contribution in [2.24, 2.45) is 0 Å². The van der Waals surface area contributed by atoms with Crippen molar-refractivity contribution < 1.29 is 9.53 Å². The van der Waals surface area contributed by atoms with Crippen molar-refractivity contribution in [2.45, 2.75) is 19.0 Å². The number of aryl methyl sites for hydroxylation is 2. The summed E-state index contributed by atoms with van der Waals surface area (Å²) >= 11 is 1.32. The lowest BCUT2D eigenvalue weighted by molar-refractivity contribution is -0.128. The van der Waals surface area contributed by atoms with Crippen LogP contribution in [0.2, 0.25) is 0 Å². The summed E-state index contributed by atoms with van der Waals surface area (Å²) < 4.78 is 6.88. The number of para-hydroxylation sites is 1. The molecule has 4 aromatic rings. The molecule has 7 nitrogen and oxygen atoms in total. The molecule has 1 aliphatic heterocycles. The monoisotopic (exact) mass is 514 g/mol. The van der Waals surface area contributed by atoms with E-state index in [1.165, 1.54) is 11.8 Å². The summed E-state index contributed by atoms with van der Waals surface area (Å²) in [4.78, 5) is 35.6. The predicted octanol–water partition coefficient (Wildman–Crippen LogP) is 4.45. The van der Waals surface area contributed by atoms with Gasteiger partial charge in [0.05, 0.1) is 29.5 Å². The van der Waals surface area contributed by atoms with E-state index in [9.17, 15) is 9.59 Å². The number of nitrogens with zero attached hydrogens (tertiary/aromatic N) is 4. The molecule has 1 saturated heterocycles. The summed E-state index contributed by atoms with van der Waals surface area (Å²) in [5.74, 6) is 1.10. The van der Waals surface area contributed by atoms with Gasteiger partial charge < -0.3 is 14.5 Å². The number of ether oxygens (including phenoxy) is 1. The number of benzene rings is 3. The van der Waals surface area contributed by atoms with Gasteiger partial charge in [-0.25, -0.2) is 4.98 Å². The molecule has 1 aromatic heterocycles. The Balaban J connectivity index is 1.33. The Morgan fingerprint density at radius 2 is 1.62 bits per heavy atom. The second-order valence-electron chi connectivity index (χ2n) is 9.18. The fraction of sp³-hybridized carbons (Fsp3) is 0.276. The number of carbonyl (C=O) groups is 1. The molecule has 1 aliphatic rings. The molecule has 0 atom stereocenters. The third-order valence-corrected chi connectivity index (χ3v) is 7.81. The SMILES string of the molecule is COc1ccc(N2CCN(C(=O)CSc3nc4ccccc4c(=O)n3-c3ccc(C)c(C)c3)CC2)cc1. The summed E-state index contributed by atoms with van der Waals surface area (Å²) in [5, 5.41) is 1.09. The maximum atomic E-state index is 13.5. The van der Waals surface area contributed by atoms with Crippen LogP contribution in [0.3, 0.4) is 0 Å². The van der Waals surface area contributed by atoms with E-state index < -0.39 is 0 Å². The number of anilines is 1. The molecule has 0 unspecified atom stereocenters. The highest BCUT2D eigenvalue weighted by Gasteiger charge is 2.23. The minimum atomic E-state index is -0.128. The molecule has 37 heavy (non-hydrogen) atoms. The second kappa shape index (κ2) is 10.7. The van der Waals surface area contributed by atoms with Gasteiger partial charge in [-0.3, -0.25) is 14.2 Å². The van der Waals surface area contributed by atoms with Gasteiger partial charge in [-0.2, -0.15) is 0 Å². The first kappa shape index (κ1) is 24.9. The molecular weight excluding hydrogens is 484 g/mol. The van der Waals surface area contributed by atoms with Crippen molar-refractivity contribution in [1.29, 1.82) is 0 Å². The third-order valence-electron chi connectivity index (χ3n) is 6.89. The summed E-state index contributed by atoms with van der Waals surface area (Å²) in [6.45, 7) is 6.92. The first-order chi connectivity index (χ1) is 17.9. The minimum absolute atomic E-state index is 0.0495. The molecule has 1 amide bonds. The number of thioether (sulfide) groups is 1. The lowest BCUT2D eigenvalue weighted by Gasteiger charge is -2.36. The maximum absolute atomic E-state index is 13.5. The standard InChI is InChI=1S/C29H30N4O3S/c1-20-8-9-23(18-21(20)2)33-28(35)25-6-4-5-7-26(25)30-29(33)37-19-27(34)32-16-14-31(15-17-32)22-10-12-24(36-3)13-11-22/h4-13,18H,14-17,19H2,1-3H3.